The third kappa shape index (κ3) is 3.58. The maximum Gasteiger partial charge on any atom is 0.0934 e. The van der Waals surface area contributed by atoms with Gasteiger partial charge in [-0.25, -0.2) is 0 Å². The summed E-state index contributed by atoms with van der Waals surface area (Å²) in [5.74, 6) is 0. The fraction of sp³-hybridized carbons (Fsp3) is 0.600. The molecule has 0 unspecified atom stereocenters. The first-order valence-corrected chi connectivity index (χ1v) is 4.34. The van der Waals surface area contributed by atoms with E-state index in [9.17, 15) is 0 Å². The summed E-state index contributed by atoms with van der Waals surface area (Å²) < 4.78 is 4.97. The summed E-state index contributed by atoms with van der Waals surface area (Å²) in [6.45, 7) is 7.51. The van der Waals surface area contributed by atoms with Gasteiger partial charge in [0, 0.05) is 5.54 Å². The lowest BCUT2D eigenvalue weighted by Crippen LogP contribution is -2.37. The van der Waals surface area contributed by atoms with Crippen LogP contribution in [0.3, 0.4) is 0 Å². The van der Waals surface area contributed by atoms with Gasteiger partial charge in [-0.15, -0.1) is 0 Å². The standard InChI is InChI=1S/C10H17NO/c1-10(2,3)11-6-4-9-5-7-12-8-9/h5,7-8,11H,4,6H2,1-3H3. The number of rotatable bonds is 3. The fourth-order valence-corrected chi connectivity index (χ4v) is 1.02. The molecule has 1 rings (SSSR count). The van der Waals surface area contributed by atoms with Gasteiger partial charge >= 0.3 is 0 Å². The van der Waals surface area contributed by atoms with Crippen LogP contribution in [0.2, 0.25) is 0 Å². The maximum atomic E-state index is 4.97. The van der Waals surface area contributed by atoms with Gasteiger partial charge in [0.1, 0.15) is 0 Å². The van der Waals surface area contributed by atoms with Crippen molar-refractivity contribution in [2.45, 2.75) is 32.7 Å². The topological polar surface area (TPSA) is 25.2 Å². The van der Waals surface area contributed by atoms with Crippen molar-refractivity contribution in [1.29, 1.82) is 0 Å². The van der Waals surface area contributed by atoms with Crippen molar-refractivity contribution in [3.63, 3.8) is 0 Å². The first-order chi connectivity index (χ1) is 5.58. The first kappa shape index (κ1) is 9.33. The minimum absolute atomic E-state index is 0.212. The molecule has 0 aliphatic rings. The van der Waals surface area contributed by atoms with Gasteiger partial charge < -0.3 is 9.73 Å². The molecule has 0 amide bonds. The van der Waals surface area contributed by atoms with Gasteiger partial charge in [-0.3, -0.25) is 0 Å². The summed E-state index contributed by atoms with van der Waals surface area (Å²) in [6.07, 6.45) is 4.55. The van der Waals surface area contributed by atoms with Crippen LogP contribution in [0, 0.1) is 0 Å². The van der Waals surface area contributed by atoms with E-state index in [1.807, 2.05) is 6.07 Å². The van der Waals surface area contributed by atoms with E-state index in [0.29, 0.717) is 0 Å². The van der Waals surface area contributed by atoms with Crippen molar-refractivity contribution < 1.29 is 4.42 Å². The Bertz CT molecular complexity index is 208. The van der Waals surface area contributed by atoms with Crippen LogP contribution in [0.4, 0.5) is 0 Å². The molecule has 12 heavy (non-hydrogen) atoms. The van der Waals surface area contributed by atoms with Gasteiger partial charge in [0.15, 0.2) is 0 Å². The highest BCUT2D eigenvalue weighted by atomic mass is 16.3. The molecule has 0 atom stereocenters. The molecule has 1 aromatic heterocycles. The minimum atomic E-state index is 0.212. The van der Waals surface area contributed by atoms with E-state index in [4.69, 9.17) is 4.42 Å². The summed E-state index contributed by atoms with van der Waals surface area (Å²) in [6, 6.07) is 2.00. The lowest BCUT2D eigenvalue weighted by Gasteiger charge is -2.19. The van der Waals surface area contributed by atoms with E-state index in [-0.39, 0.29) is 5.54 Å². The molecule has 0 radical (unpaired) electrons. The van der Waals surface area contributed by atoms with E-state index < -0.39 is 0 Å². The monoisotopic (exact) mass is 167 g/mol. The summed E-state index contributed by atoms with van der Waals surface area (Å²) in [4.78, 5) is 0. The minimum Gasteiger partial charge on any atom is -0.472 e. The SMILES string of the molecule is CC(C)(C)NCCc1ccoc1. The highest BCUT2D eigenvalue weighted by molar-refractivity contribution is 5.05. The normalized spacial score (nSPS) is 11.9. The van der Waals surface area contributed by atoms with Gasteiger partial charge in [0.05, 0.1) is 12.5 Å². The van der Waals surface area contributed by atoms with Gasteiger partial charge in [-0.2, -0.15) is 0 Å². The van der Waals surface area contributed by atoms with Crippen molar-refractivity contribution in [3.8, 4) is 0 Å². The third-order valence-electron chi connectivity index (χ3n) is 1.65. The predicted octanol–water partition coefficient (Wildman–Crippen LogP) is 2.21. The first-order valence-electron chi connectivity index (χ1n) is 4.34. The van der Waals surface area contributed by atoms with E-state index in [1.54, 1.807) is 12.5 Å². The number of hydrogen-bond donors (Lipinski definition) is 1. The Morgan fingerprint density at radius 1 is 1.42 bits per heavy atom. The van der Waals surface area contributed by atoms with Crippen molar-refractivity contribution in [3.05, 3.63) is 24.2 Å². The lowest BCUT2D eigenvalue weighted by molar-refractivity contribution is 0.429. The summed E-state index contributed by atoms with van der Waals surface area (Å²) in [5.41, 5.74) is 1.47. The molecule has 2 heteroatoms. The Morgan fingerprint density at radius 3 is 2.67 bits per heavy atom. The van der Waals surface area contributed by atoms with Crippen LogP contribution in [0.25, 0.3) is 0 Å². The van der Waals surface area contributed by atoms with Crippen LogP contribution < -0.4 is 5.32 Å². The predicted molar refractivity (Wildman–Crippen MR) is 50.2 cm³/mol. The molecule has 1 N–H and O–H groups in total. The molecule has 1 heterocycles. The van der Waals surface area contributed by atoms with Crippen LogP contribution in [0.5, 0.6) is 0 Å². The molecule has 0 bridgehead atoms. The molecule has 2 nitrogen and oxygen atoms in total. The van der Waals surface area contributed by atoms with Crippen LogP contribution in [0.1, 0.15) is 26.3 Å². The second kappa shape index (κ2) is 3.76. The van der Waals surface area contributed by atoms with Crippen LogP contribution in [0.15, 0.2) is 23.0 Å². The average Bonchev–Trinajstić information content (AvgIpc) is 2.36. The second-order valence-electron chi connectivity index (χ2n) is 4.06. The molecule has 68 valence electrons. The highest BCUT2D eigenvalue weighted by Gasteiger charge is 2.07. The van der Waals surface area contributed by atoms with Gasteiger partial charge in [0.2, 0.25) is 0 Å². The fourth-order valence-electron chi connectivity index (χ4n) is 1.02. The van der Waals surface area contributed by atoms with Gasteiger partial charge in [-0.05, 0) is 45.4 Å². The summed E-state index contributed by atoms with van der Waals surface area (Å²) in [7, 11) is 0. The third-order valence-corrected chi connectivity index (χ3v) is 1.65. The molecule has 0 saturated heterocycles. The molecular formula is C10H17NO. The van der Waals surface area contributed by atoms with Crippen molar-refractivity contribution in [2.24, 2.45) is 0 Å². The largest absolute Gasteiger partial charge is 0.472 e. The van der Waals surface area contributed by atoms with Crippen LogP contribution in [-0.2, 0) is 6.42 Å². The Hall–Kier alpha value is -0.760. The molecule has 0 fully saturated rings. The zero-order valence-electron chi connectivity index (χ0n) is 8.05. The zero-order chi connectivity index (χ0) is 9.03. The Kier molecular flexibility index (Phi) is 2.93. The Labute approximate surface area is 74.0 Å². The number of hydrogen-bond acceptors (Lipinski definition) is 2. The van der Waals surface area contributed by atoms with Crippen LogP contribution >= 0.6 is 0 Å². The van der Waals surface area contributed by atoms with Crippen molar-refractivity contribution in [1.82, 2.24) is 5.32 Å². The Morgan fingerprint density at radius 2 is 2.17 bits per heavy atom. The molecule has 1 aromatic rings. The molecule has 0 aromatic carbocycles. The van der Waals surface area contributed by atoms with E-state index in [1.165, 1.54) is 5.56 Å². The maximum absolute atomic E-state index is 4.97. The van der Waals surface area contributed by atoms with Gasteiger partial charge in [0.25, 0.3) is 0 Å². The quantitative estimate of drug-likeness (QED) is 0.746. The molecule has 0 aliphatic heterocycles. The van der Waals surface area contributed by atoms with Gasteiger partial charge in [-0.1, -0.05) is 0 Å². The zero-order valence-corrected chi connectivity index (χ0v) is 8.05. The smallest absolute Gasteiger partial charge is 0.0934 e. The van der Waals surface area contributed by atoms with E-state index >= 15 is 0 Å². The average molecular weight is 167 g/mol. The van der Waals surface area contributed by atoms with E-state index in [0.717, 1.165) is 13.0 Å². The lowest BCUT2D eigenvalue weighted by atomic mass is 10.1. The Balaban J connectivity index is 2.20. The summed E-state index contributed by atoms with van der Waals surface area (Å²) in [5, 5.41) is 3.42. The van der Waals surface area contributed by atoms with Crippen molar-refractivity contribution in [2.75, 3.05) is 6.54 Å². The van der Waals surface area contributed by atoms with Crippen molar-refractivity contribution >= 4 is 0 Å². The molecule has 0 saturated carbocycles. The second-order valence-corrected chi connectivity index (χ2v) is 4.06. The molecular weight excluding hydrogens is 150 g/mol. The highest BCUT2D eigenvalue weighted by Crippen LogP contribution is 2.02. The number of furan rings is 1. The summed E-state index contributed by atoms with van der Waals surface area (Å²) >= 11 is 0. The van der Waals surface area contributed by atoms with Crippen LogP contribution in [-0.4, -0.2) is 12.1 Å². The number of nitrogens with one attached hydrogen (secondary N) is 1. The molecule has 0 spiro atoms. The molecule has 0 aliphatic carbocycles. The van der Waals surface area contributed by atoms with E-state index in [2.05, 4.69) is 26.1 Å².